The molecule has 0 atom stereocenters. The summed E-state index contributed by atoms with van der Waals surface area (Å²) in [5.41, 5.74) is -1.17. The Morgan fingerprint density at radius 3 is 2.16 bits per heavy atom. The van der Waals surface area contributed by atoms with Crippen molar-refractivity contribution >= 4 is 34.6 Å². The van der Waals surface area contributed by atoms with Crippen molar-refractivity contribution in [2.75, 3.05) is 12.4 Å². The number of halogens is 1. The summed E-state index contributed by atoms with van der Waals surface area (Å²) >= 11 is 5.87. The van der Waals surface area contributed by atoms with Crippen molar-refractivity contribution in [3.05, 3.63) is 66.7 Å². The predicted molar refractivity (Wildman–Crippen MR) is 90.4 cm³/mol. The molecular formula is C15H12ClN3O6. The molecular weight excluding hydrogens is 354 g/mol. The molecule has 0 heterocycles. The molecule has 130 valence electrons. The van der Waals surface area contributed by atoms with Crippen molar-refractivity contribution < 1.29 is 19.4 Å². The fourth-order valence-corrected chi connectivity index (χ4v) is 2.34. The van der Waals surface area contributed by atoms with Crippen molar-refractivity contribution in [1.29, 1.82) is 0 Å². The Morgan fingerprint density at radius 1 is 1.12 bits per heavy atom. The largest absolute Gasteiger partial charge is 0.495 e. The fourth-order valence-electron chi connectivity index (χ4n) is 2.17. The van der Waals surface area contributed by atoms with Crippen LogP contribution in [0.4, 0.5) is 17.1 Å². The second kappa shape index (κ2) is 7.14. The lowest BCUT2D eigenvalue weighted by molar-refractivity contribution is -0.395. The van der Waals surface area contributed by atoms with Gasteiger partial charge in [-0.05, 0) is 25.1 Å². The van der Waals surface area contributed by atoms with Crippen LogP contribution in [0.3, 0.4) is 0 Å². The zero-order valence-corrected chi connectivity index (χ0v) is 13.9. The van der Waals surface area contributed by atoms with Gasteiger partial charge in [0.2, 0.25) is 0 Å². The molecule has 2 aromatic carbocycles. The highest BCUT2D eigenvalue weighted by atomic mass is 35.5. The lowest BCUT2D eigenvalue weighted by Gasteiger charge is -2.11. The summed E-state index contributed by atoms with van der Waals surface area (Å²) < 4.78 is 5.09. The van der Waals surface area contributed by atoms with Crippen LogP contribution in [0, 0.1) is 27.2 Å². The molecule has 0 saturated carbocycles. The van der Waals surface area contributed by atoms with E-state index in [-0.39, 0.29) is 16.8 Å². The minimum absolute atomic E-state index is 0.133. The number of rotatable bonds is 5. The van der Waals surface area contributed by atoms with Crippen LogP contribution < -0.4 is 10.1 Å². The Kier molecular flexibility index (Phi) is 5.18. The van der Waals surface area contributed by atoms with E-state index in [9.17, 15) is 25.0 Å². The topological polar surface area (TPSA) is 125 Å². The molecule has 2 rings (SSSR count). The standard InChI is InChI=1S/C15H12ClN3O6/c1-8-12(18(21)22)5-9(6-13(8)19(23)24)15(20)17-11-7-10(16)3-4-14(11)25-2/h3-7H,1-2H3,(H,17,20). The monoisotopic (exact) mass is 365 g/mol. The number of hydrogen-bond acceptors (Lipinski definition) is 6. The summed E-state index contributed by atoms with van der Waals surface area (Å²) in [6.07, 6.45) is 0. The maximum atomic E-state index is 12.4. The Morgan fingerprint density at radius 2 is 1.68 bits per heavy atom. The van der Waals surface area contributed by atoms with Crippen LogP contribution in [-0.4, -0.2) is 22.9 Å². The van der Waals surface area contributed by atoms with E-state index in [1.807, 2.05) is 0 Å². The lowest BCUT2D eigenvalue weighted by atomic mass is 10.1. The summed E-state index contributed by atoms with van der Waals surface area (Å²) in [5, 5.41) is 25.0. The van der Waals surface area contributed by atoms with Crippen molar-refractivity contribution in [2.24, 2.45) is 0 Å². The van der Waals surface area contributed by atoms with Gasteiger partial charge < -0.3 is 10.1 Å². The summed E-state index contributed by atoms with van der Waals surface area (Å²) in [6.45, 7) is 1.25. The first-order valence-corrected chi connectivity index (χ1v) is 7.20. The van der Waals surface area contributed by atoms with Crippen LogP contribution in [0.15, 0.2) is 30.3 Å². The number of anilines is 1. The summed E-state index contributed by atoms with van der Waals surface area (Å²) in [6, 6.07) is 6.47. The van der Waals surface area contributed by atoms with Gasteiger partial charge in [0, 0.05) is 17.2 Å². The molecule has 9 nitrogen and oxygen atoms in total. The maximum absolute atomic E-state index is 12.4. The van der Waals surface area contributed by atoms with Crippen LogP contribution in [0.25, 0.3) is 0 Å². The normalized spacial score (nSPS) is 10.2. The first kappa shape index (κ1) is 18.1. The number of ether oxygens (including phenoxy) is 1. The number of hydrogen-bond donors (Lipinski definition) is 1. The molecule has 0 bridgehead atoms. The highest BCUT2D eigenvalue weighted by Crippen LogP contribution is 2.31. The SMILES string of the molecule is COc1ccc(Cl)cc1NC(=O)c1cc([N+](=O)[O-])c(C)c([N+](=O)[O-])c1. The summed E-state index contributed by atoms with van der Waals surface area (Å²) in [5.74, 6) is -0.458. The second-order valence-corrected chi connectivity index (χ2v) is 5.39. The van der Waals surface area contributed by atoms with Crippen molar-refractivity contribution in [2.45, 2.75) is 6.92 Å². The van der Waals surface area contributed by atoms with Crippen LogP contribution in [-0.2, 0) is 0 Å². The van der Waals surface area contributed by atoms with Crippen LogP contribution >= 0.6 is 11.6 Å². The number of nitrogens with zero attached hydrogens (tertiary/aromatic N) is 2. The van der Waals surface area contributed by atoms with Gasteiger partial charge in [-0.2, -0.15) is 0 Å². The zero-order valence-electron chi connectivity index (χ0n) is 13.1. The van der Waals surface area contributed by atoms with Gasteiger partial charge in [-0.25, -0.2) is 0 Å². The molecule has 1 amide bonds. The first-order valence-electron chi connectivity index (χ1n) is 6.83. The van der Waals surface area contributed by atoms with E-state index in [1.54, 1.807) is 6.07 Å². The van der Waals surface area contributed by atoms with E-state index in [0.29, 0.717) is 10.8 Å². The Hall–Kier alpha value is -3.20. The molecule has 1 N–H and O–H groups in total. The van der Waals surface area contributed by atoms with Crippen LogP contribution in [0.1, 0.15) is 15.9 Å². The third-order valence-corrected chi connectivity index (χ3v) is 3.65. The van der Waals surface area contributed by atoms with E-state index in [4.69, 9.17) is 16.3 Å². The van der Waals surface area contributed by atoms with E-state index >= 15 is 0 Å². The van der Waals surface area contributed by atoms with Gasteiger partial charge in [0.25, 0.3) is 17.3 Å². The zero-order chi connectivity index (χ0) is 18.7. The summed E-state index contributed by atoms with van der Waals surface area (Å²) in [4.78, 5) is 33.0. The second-order valence-electron chi connectivity index (χ2n) is 4.95. The number of nitro benzene ring substituents is 2. The number of carbonyl (C=O) groups is 1. The Labute approximate surface area is 146 Å². The number of nitro groups is 2. The summed E-state index contributed by atoms with van der Waals surface area (Å²) in [7, 11) is 1.39. The number of amides is 1. The van der Waals surface area contributed by atoms with Crippen LogP contribution in [0.2, 0.25) is 5.02 Å². The Balaban J connectivity index is 2.48. The average molecular weight is 366 g/mol. The van der Waals surface area contributed by atoms with Crippen molar-refractivity contribution in [3.63, 3.8) is 0 Å². The fraction of sp³-hybridized carbons (Fsp3) is 0.133. The number of methoxy groups -OCH3 is 1. The molecule has 0 aliphatic heterocycles. The molecule has 0 aliphatic rings. The predicted octanol–water partition coefficient (Wildman–Crippen LogP) is 3.73. The molecule has 0 fully saturated rings. The van der Waals surface area contributed by atoms with Gasteiger partial charge >= 0.3 is 0 Å². The third-order valence-electron chi connectivity index (χ3n) is 3.42. The average Bonchev–Trinajstić information content (AvgIpc) is 2.54. The quantitative estimate of drug-likeness (QED) is 0.635. The minimum Gasteiger partial charge on any atom is -0.495 e. The van der Waals surface area contributed by atoms with E-state index < -0.39 is 27.1 Å². The number of carbonyl (C=O) groups excluding carboxylic acids is 1. The number of benzene rings is 2. The van der Waals surface area contributed by atoms with Gasteiger partial charge in [-0.1, -0.05) is 11.6 Å². The van der Waals surface area contributed by atoms with Crippen molar-refractivity contribution in [1.82, 2.24) is 0 Å². The van der Waals surface area contributed by atoms with Crippen molar-refractivity contribution in [3.8, 4) is 5.75 Å². The van der Waals surface area contributed by atoms with Crippen LogP contribution in [0.5, 0.6) is 5.75 Å². The first-order chi connectivity index (χ1) is 11.7. The van der Waals surface area contributed by atoms with E-state index in [2.05, 4.69) is 5.32 Å². The lowest BCUT2D eigenvalue weighted by Crippen LogP contribution is -2.14. The van der Waals surface area contributed by atoms with E-state index in [0.717, 1.165) is 12.1 Å². The molecule has 2 aromatic rings. The molecule has 25 heavy (non-hydrogen) atoms. The molecule has 0 radical (unpaired) electrons. The van der Waals surface area contributed by atoms with Gasteiger partial charge in [0.1, 0.15) is 11.3 Å². The molecule has 0 aliphatic carbocycles. The molecule has 0 unspecified atom stereocenters. The highest BCUT2D eigenvalue weighted by Gasteiger charge is 2.25. The van der Waals surface area contributed by atoms with Gasteiger partial charge in [-0.3, -0.25) is 25.0 Å². The van der Waals surface area contributed by atoms with Gasteiger partial charge in [0.15, 0.2) is 0 Å². The number of nitrogens with one attached hydrogen (secondary N) is 1. The minimum atomic E-state index is -0.779. The van der Waals surface area contributed by atoms with Gasteiger partial charge in [0.05, 0.1) is 28.2 Å². The molecule has 0 saturated heterocycles. The maximum Gasteiger partial charge on any atom is 0.279 e. The van der Waals surface area contributed by atoms with E-state index in [1.165, 1.54) is 26.2 Å². The Bertz CT molecular complexity index is 849. The highest BCUT2D eigenvalue weighted by molar-refractivity contribution is 6.31. The third kappa shape index (κ3) is 3.83. The smallest absolute Gasteiger partial charge is 0.279 e. The van der Waals surface area contributed by atoms with Gasteiger partial charge in [-0.15, -0.1) is 0 Å². The molecule has 0 aromatic heterocycles. The molecule has 0 spiro atoms. The molecule has 10 heteroatoms.